The summed E-state index contributed by atoms with van der Waals surface area (Å²) in [5.74, 6) is -0.394. The first-order valence-corrected chi connectivity index (χ1v) is 8.94. The first-order chi connectivity index (χ1) is 10.7. The van der Waals surface area contributed by atoms with Crippen molar-refractivity contribution in [1.29, 1.82) is 0 Å². The highest BCUT2D eigenvalue weighted by Crippen LogP contribution is 1.81. The third-order valence-electron chi connectivity index (χ3n) is 0.901. The van der Waals surface area contributed by atoms with Gasteiger partial charge in [0.2, 0.25) is 0 Å². The lowest BCUT2D eigenvalue weighted by Crippen LogP contribution is -2.01. The van der Waals surface area contributed by atoms with Gasteiger partial charge in [0.15, 0.2) is 0 Å². The molecule has 0 atom stereocenters. The number of carbonyl (C=O) groups excluding carboxylic acids is 1. The van der Waals surface area contributed by atoms with Gasteiger partial charge in [-0.2, -0.15) is 16.8 Å². The SMILES string of the molecule is C=CC(=O)OC.CCOS(=O)(=O)O.CCOS(=O)(=O)O.CN(C)C.N. The van der Waals surface area contributed by atoms with Gasteiger partial charge < -0.3 is 15.8 Å². The minimum absolute atomic E-state index is 0. The lowest BCUT2D eigenvalue weighted by molar-refractivity contribution is -0.134. The highest BCUT2D eigenvalue weighted by molar-refractivity contribution is 7.81. The predicted molar refractivity (Wildman–Crippen MR) is 93.2 cm³/mol. The summed E-state index contributed by atoms with van der Waals surface area (Å²) in [6.07, 6.45) is 1.11. The highest BCUT2D eigenvalue weighted by atomic mass is 32.3. The summed E-state index contributed by atoms with van der Waals surface area (Å²) < 4.78 is 65.4. The molecule has 0 aliphatic rings. The van der Waals surface area contributed by atoms with Crippen molar-refractivity contribution >= 4 is 26.8 Å². The quantitative estimate of drug-likeness (QED) is 0.318. The van der Waals surface area contributed by atoms with Gasteiger partial charge in [-0.15, -0.1) is 0 Å². The molecule has 0 heterocycles. The van der Waals surface area contributed by atoms with Crippen molar-refractivity contribution in [2.75, 3.05) is 41.5 Å². The summed E-state index contributed by atoms with van der Waals surface area (Å²) in [4.78, 5) is 11.8. The Kier molecular flexibility index (Phi) is 29.3. The van der Waals surface area contributed by atoms with Gasteiger partial charge in [-0.05, 0) is 35.0 Å². The zero-order valence-electron chi connectivity index (χ0n) is 15.3. The lowest BCUT2D eigenvalue weighted by Gasteiger charge is -1.90. The van der Waals surface area contributed by atoms with E-state index in [1.54, 1.807) is 0 Å². The molecule has 0 aromatic rings. The monoisotopic (exact) mass is 414 g/mol. The maximum Gasteiger partial charge on any atom is 0.397 e. The van der Waals surface area contributed by atoms with Crippen LogP contribution in [0.3, 0.4) is 0 Å². The van der Waals surface area contributed by atoms with E-state index < -0.39 is 26.8 Å². The molecule has 0 aliphatic heterocycles. The van der Waals surface area contributed by atoms with Gasteiger partial charge in [0.1, 0.15) is 0 Å². The largest absolute Gasteiger partial charge is 0.466 e. The van der Waals surface area contributed by atoms with Crippen LogP contribution in [0.1, 0.15) is 13.8 Å². The molecule has 25 heavy (non-hydrogen) atoms. The van der Waals surface area contributed by atoms with Crippen molar-refractivity contribution in [3.63, 3.8) is 0 Å². The van der Waals surface area contributed by atoms with Crippen LogP contribution >= 0.6 is 0 Å². The van der Waals surface area contributed by atoms with Crippen LogP contribution in [0.5, 0.6) is 0 Å². The smallest absolute Gasteiger partial charge is 0.397 e. The molecule has 156 valence electrons. The molecule has 0 aromatic carbocycles. The number of hydrogen-bond acceptors (Lipinski definition) is 10. The first kappa shape index (κ1) is 35.1. The fourth-order valence-electron chi connectivity index (χ4n) is 0.381. The predicted octanol–water partition coefficient (Wildman–Crippen LogP) is 0.337. The number of rotatable bonds is 5. The summed E-state index contributed by atoms with van der Waals surface area (Å²) in [6, 6.07) is 0. The standard InChI is InChI=1S/C4H6O2.C3H9N.2C2H6O4S.H3N/c1-3-4(5)6-2;1-4(2)3;2*1-2-6-7(3,4)5;/h3H,1H2,2H3;1-3H3;2*2H2,1H3,(H,3,4,5);1H3. The van der Waals surface area contributed by atoms with Crippen LogP contribution in [0.2, 0.25) is 0 Å². The van der Waals surface area contributed by atoms with Crippen LogP contribution in [0, 0.1) is 0 Å². The number of esters is 1. The summed E-state index contributed by atoms with van der Waals surface area (Å²) in [7, 11) is -1.04. The Morgan fingerprint density at radius 1 is 1.00 bits per heavy atom. The van der Waals surface area contributed by atoms with E-state index in [0.717, 1.165) is 6.08 Å². The van der Waals surface area contributed by atoms with E-state index in [9.17, 15) is 21.6 Å². The van der Waals surface area contributed by atoms with E-state index in [4.69, 9.17) is 9.11 Å². The van der Waals surface area contributed by atoms with E-state index in [1.165, 1.54) is 21.0 Å². The van der Waals surface area contributed by atoms with E-state index in [-0.39, 0.29) is 19.4 Å². The number of hydrogen-bond donors (Lipinski definition) is 3. The molecular weight excluding hydrogens is 384 g/mol. The molecule has 0 spiro atoms. The molecule has 5 N–H and O–H groups in total. The Morgan fingerprint density at radius 3 is 1.24 bits per heavy atom. The Morgan fingerprint density at radius 2 is 1.24 bits per heavy atom. The molecule has 0 aromatic heterocycles. The Balaban J connectivity index is -0.0000000715. The molecule has 12 nitrogen and oxygen atoms in total. The Hall–Kier alpha value is -1.13. The third kappa shape index (κ3) is 84.3. The molecule has 0 aliphatic carbocycles. The summed E-state index contributed by atoms with van der Waals surface area (Å²) in [6.45, 7) is 6.03. The molecule has 0 saturated carbocycles. The molecule has 0 saturated heterocycles. The van der Waals surface area contributed by atoms with Gasteiger partial charge in [-0.1, -0.05) is 6.58 Å². The molecule has 0 radical (unpaired) electrons. The van der Waals surface area contributed by atoms with E-state index >= 15 is 0 Å². The molecule has 14 heteroatoms. The highest BCUT2D eigenvalue weighted by Gasteiger charge is 1.98. The second-order valence-electron chi connectivity index (χ2n) is 3.74. The van der Waals surface area contributed by atoms with Crippen LogP contribution in [0.25, 0.3) is 0 Å². The van der Waals surface area contributed by atoms with E-state index in [0.29, 0.717) is 0 Å². The molecule has 0 amide bonds. The number of nitrogens with zero attached hydrogens (tertiary/aromatic N) is 1. The van der Waals surface area contributed by atoms with Crippen molar-refractivity contribution < 1.29 is 43.8 Å². The van der Waals surface area contributed by atoms with Gasteiger partial charge in [0, 0.05) is 6.08 Å². The molecule has 0 fully saturated rings. The number of ether oxygens (including phenoxy) is 1. The van der Waals surface area contributed by atoms with Crippen molar-refractivity contribution in [3.8, 4) is 0 Å². The van der Waals surface area contributed by atoms with E-state index in [1.807, 2.05) is 26.0 Å². The fourth-order valence-corrected chi connectivity index (χ4v) is 0.977. The van der Waals surface area contributed by atoms with Crippen molar-refractivity contribution in [1.82, 2.24) is 11.1 Å². The second kappa shape index (κ2) is 20.9. The van der Waals surface area contributed by atoms with Crippen molar-refractivity contribution in [2.24, 2.45) is 0 Å². The molecule has 0 bridgehead atoms. The normalized spacial score (nSPS) is 9.64. The maximum absolute atomic E-state index is 9.84. The van der Waals surface area contributed by atoms with E-state index in [2.05, 4.69) is 19.7 Å². The van der Waals surface area contributed by atoms with Gasteiger partial charge >= 0.3 is 26.8 Å². The van der Waals surface area contributed by atoms with Crippen LogP contribution in [-0.4, -0.2) is 78.3 Å². The zero-order valence-corrected chi connectivity index (χ0v) is 17.0. The molecule has 0 rings (SSSR count). The van der Waals surface area contributed by atoms with Gasteiger partial charge in [-0.25, -0.2) is 13.2 Å². The minimum atomic E-state index is -4.17. The van der Waals surface area contributed by atoms with Gasteiger partial charge in [-0.3, -0.25) is 9.11 Å². The maximum atomic E-state index is 9.84. The minimum Gasteiger partial charge on any atom is -0.466 e. The lowest BCUT2D eigenvalue weighted by atomic mass is 10.7. The topological polar surface area (TPSA) is 192 Å². The second-order valence-corrected chi connectivity index (χ2v) is 5.92. The average Bonchev–Trinajstić information content (AvgIpc) is 2.35. The number of carbonyl (C=O) groups is 1. The summed E-state index contributed by atoms with van der Waals surface area (Å²) in [5, 5.41) is 0. The van der Waals surface area contributed by atoms with Gasteiger partial charge in [0.05, 0.1) is 20.3 Å². The van der Waals surface area contributed by atoms with Crippen molar-refractivity contribution in [3.05, 3.63) is 12.7 Å². The summed E-state index contributed by atoms with van der Waals surface area (Å²) in [5.41, 5.74) is 0. The molecule has 0 unspecified atom stereocenters. The average molecular weight is 414 g/mol. The van der Waals surface area contributed by atoms with Crippen LogP contribution in [-0.2, 0) is 38.7 Å². The summed E-state index contributed by atoms with van der Waals surface area (Å²) >= 11 is 0. The fraction of sp³-hybridized carbons (Fsp3) is 0.727. The van der Waals surface area contributed by atoms with Gasteiger partial charge in [0.25, 0.3) is 0 Å². The number of methoxy groups -OCH3 is 1. The van der Waals surface area contributed by atoms with Crippen molar-refractivity contribution in [2.45, 2.75) is 13.8 Å². The Bertz CT molecular complexity index is 466. The third-order valence-corrected chi connectivity index (χ3v) is 1.97. The van der Waals surface area contributed by atoms with Crippen LogP contribution in [0.15, 0.2) is 12.7 Å². The molecular formula is C11H30N2O10S2. The zero-order chi connectivity index (χ0) is 20.4. The van der Waals surface area contributed by atoms with Crippen LogP contribution in [0.4, 0.5) is 0 Å². The van der Waals surface area contributed by atoms with Crippen LogP contribution < -0.4 is 6.15 Å². The first-order valence-electron chi connectivity index (χ1n) is 6.21. The Labute approximate surface area is 150 Å².